The van der Waals surface area contributed by atoms with E-state index in [2.05, 4.69) is 130 Å². The molecule has 0 saturated heterocycles. The van der Waals surface area contributed by atoms with Gasteiger partial charge in [0.25, 0.3) is 0 Å². The van der Waals surface area contributed by atoms with Crippen molar-refractivity contribution in [2.24, 2.45) is 0 Å². The first kappa shape index (κ1) is 73.1. The van der Waals surface area contributed by atoms with Crippen molar-refractivity contribution in [3.8, 4) is 0 Å². The van der Waals surface area contributed by atoms with Gasteiger partial charge < -0.3 is 14.2 Å². The van der Waals surface area contributed by atoms with E-state index < -0.39 is 6.10 Å². The zero-order valence-electron chi connectivity index (χ0n) is 50.4. The summed E-state index contributed by atoms with van der Waals surface area (Å²) < 4.78 is 16.9. The van der Waals surface area contributed by atoms with Crippen LogP contribution >= 0.6 is 0 Å². The minimum atomic E-state index is -0.800. The van der Waals surface area contributed by atoms with Crippen LogP contribution in [-0.4, -0.2) is 37.2 Å². The second-order valence-electron chi connectivity index (χ2n) is 21.3. The summed E-state index contributed by atoms with van der Waals surface area (Å²) in [6.07, 6.45) is 88.1. The number of allylic oxidation sites excluding steroid dienone is 18. The maximum Gasteiger partial charge on any atom is 0.306 e. The summed E-state index contributed by atoms with van der Waals surface area (Å²) in [7, 11) is 0. The summed E-state index contributed by atoms with van der Waals surface area (Å²) in [6, 6.07) is 0. The molecule has 0 saturated carbocycles. The van der Waals surface area contributed by atoms with Crippen LogP contribution in [0.25, 0.3) is 0 Å². The van der Waals surface area contributed by atoms with Crippen molar-refractivity contribution in [3.05, 3.63) is 109 Å². The zero-order valence-corrected chi connectivity index (χ0v) is 50.4. The molecule has 0 aromatic heterocycles. The molecule has 0 amide bonds. The Morgan fingerprint density at radius 1 is 0.273 bits per heavy atom. The summed E-state index contributed by atoms with van der Waals surface area (Å²) in [5.74, 6) is -0.939. The van der Waals surface area contributed by atoms with Gasteiger partial charge in [-0.3, -0.25) is 14.4 Å². The van der Waals surface area contributed by atoms with Gasteiger partial charge in [-0.1, -0.05) is 284 Å². The van der Waals surface area contributed by atoms with Gasteiger partial charge >= 0.3 is 17.9 Å². The van der Waals surface area contributed by atoms with Crippen molar-refractivity contribution in [2.75, 3.05) is 13.2 Å². The third kappa shape index (κ3) is 62.8. The van der Waals surface area contributed by atoms with Gasteiger partial charge in [-0.05, 0) is 109 Å². The number of carbonyl (C=O) groups is 3. The van der Waals surface area contributed by atoms with Gasteiger partial charge in [0.15, 0.2) is 6.10 Å². The van der Waals surface area contributed by atoms with Crippen LogP contribution in [-0.2, 0) is 28.6 Å². The van der Waals surface area contributed by atoms with Crippen LogP contribution < -0.4 is 0 Å². The molecule has 0 heterocycles. The van der Waals surface area contributed by atoms with Crippen molar-refractivity contribution in [3.63, 3.8) is 0 Å². The highest BCUT2D eigenvalue weighted by molar-refractivity contribution is 5.71. The number of hydrogen-bond donors (Lipinski definition) is 0. The molecular formula is C71H120O6. The Bertz CT molecular complexity index is 1560. The van der Waals surface area contributed by atoms with Gasteiger partial charge in [0, 0.05) is 19.3 Å². The molecule has 0 bridgehead atoms. The Labute approximate surface area is 476 Å². The van der Waals surface area contributed by atoms with Crippen LogP contribution in [0.3, 0.4) is 0 Å². The van der Waals surface area contributed by atoms with E-state index in [4.69, 9.17) is 14.2 Å². The molecule has 0 aromatic rings. The molecule has 0 N–H and O–H groups in total. The Hall–Kier alpha value is -3.93. The molecule has 0 aliphatic rings. The summed E-state index contributed by atoms with van der Waals surface area (Å²) in [6.45, 7) is 6.49. The minimum Gasteiger partial charge on any atom is -0.462 e. The molecule has 0 rings (SSSR count). The lowest BCUT2D eigenvalue weighted by Gasteiger charge is -2.18. The largest absolute Gasteiger partial charge is 0.462 e. The van der Waals surface area contributed by atoms with Gasteiger partial charge in [0.05, 0.1) is 0 Å². The average molecular weight is 1070 g/mol. The first-order chi connectivity index (χ1) is 38.0. The Balaban J connectivity index is 4.41. The number of unbranched alkanes of at least 4 members (excludes halogenated alkanes) is 29. The molecule has 1 unspecified atom stereocenters. The van der Waals surface area contributed by atoms with E-state index >= 15 is 0 Å². The van der Waals surface area contributed by atoms with E-state index in [1.165, 1.54) is 148 Å². The minimum absolute atomic E-state index is 0.0948. The molecule has 0 aliphatic carbocycles. The maximum atomic E-state index is 12.9. The number of rotatable bonds is 58. The zero-order chi connectivity index (χ0) is 55.7. The van der Waals surface area contributed by atoms with Crippen LogP contribution in [0.15, 0.2) is 109 Å². The van der Waals surface area contributed by atoms with Gasteiger partial charge in [-0.2, -0.15) is 0 Å². The molecule has 1 atom stereocenters. The molecule has 6 nitrogen and oxygen atoms in total. The second-order valence-corrected chi connectivity index (χ2v) is 21.3. The molecule has 77 heavy (non-hydrogen) atoms. The second kappa shape index (κ2) is 64.6. The smallest absolute Gasteiger partial charge is 0.306 e. The van der Waals surface area contributed by atoms with Crippen molar-refractivity contribution in [2.45, 2.75) is 309 Å². The first-order valence-corrected chi connectivity index (χ1v) is 32.4. The molecule has 0 spiro atoms. The number of ether oxygens (including phenoxy) is 3. The highest BCUT2D eigenvalue weighted by Gasteiger charge is 2.19. The average Bonchev–Trinajstić information content (AvgIpc) is 3.43. The SMILES string of the molecule is CC/C=C\C/C=C\C/C=C\C/C=C\C/C=C\C/C=C\C/C=C\C/C=C\CCCCC(=O)OCC(COC(=O)CCCCCCC/C=C\CCCCCC)OC(=O)CCCCCCCCCCCCCCCCCCCCC. The van der Waals surface area contributed by atoms with Crippen molar-refractivity contribution < 1.29 is 28.6 Å². The van der Waals surface area contributed by atoms with Gasteiger partial charge in [-0.25, -0.2) is 0 Å². The lowest BCUT2D eigenvalue weighted by atomic mass is 10.0. The van der Waals surface area contributed by atoms with E-state index in [-0.39, 0.29) is 31.1 Å². The summed E-state index contributed by atoms with van der Waals surface area (Å²) in [5, 5.41) is 0. The highest BCUT2D eigenvalue weighted by atomic mass is 16.6. The summed E-state index contributed by atoms with van der Waals surface area (Å²) in [5.41, 5.74) is 0. The van der Waals surface area contributed by atoms with Crippen LogP contribution in [0.1, 0.15) is 303 Å². The maximum absolute atomic E-state index is 12.9. The van der Waals surface area contributed by atoms with E-state index in [9.17, 15) is 14.4 Å². The standard InChI is InChI=1S/C71H120O6/c1-4-7-10-13-16-19-22-25-27-29-31-32-33-34-35-36-37-38-40-41-43-46-49-52-55-58-61-64-70(73)76-67-68(66-75-69(72)63-60-57-54-51-48-45-24-21-18-15-12-9-6-3)77-71(74)65-62-59-56-53-50-47-44-42-39-30-28-26-23-20-17-14-11-8-5-2/h7,10,16,19,21,24-25,27,31-32,34-35,37-38,41,43,49,52,68H,4-6,8-9,11-15,17-18,20,22-23,26,28-30,33,36,39-40,42,44-48,50-51,53-67H2,1-3H3/b10-7-,19-16-,24-21-,27-25-,32-31-,35-34-,38-37-,43-41-,52-49-. The van der Waals surface area contributed by atoms with Crippen LogP contribution in [0.4, 0.5) is 0 Å². The molecular weight excluding hydrogens is 949 g/mol. The lowest BCUT2D eigenvalue weighted by Crippen LogP contribution is -2.30. The van der Waals surface area contributed by atoms with Gasteiger partial charge in [0.2, 0.25) is 0 Å². The molecule has 0 aromatic carbocycles. The predicted octanol–water partition coefficient (Wildman–Crippen LogP) is 22.2. The predicted molar refractivity (Wildman–Crippen MR) is 334 cm³/mol. The van der Waals surface area contributed by atoms with Gasteiger partial charge in [0.1, 0.15) is 13.2 Å². The summed E-state index contributed by atoms with van der Waals surface area (Å²) in [4.78, 5) is 38.3. The molecule has 0 fully saturated rings. The first-order valence-electron chi connectivity index (χ1n) is 32.4. The molecule has 0 aliphatic heterocycles. The van der Waals surface area contributed by atoms with Crippen LogP contribution in [0.2, 0.25) is 0 Å². The van der Waals surface area contributed by atoms with Crippen molar-refractivity contribution in [1.29, 1.82) is 0 Å². The molecule has 440 valence electrons. The van der Waals surface area contributed by atoms with Crippen molar-refractivity contribution >= 4 is 17.9 Å². The quantitative estimate of drug-likeness (QED) is 0.0261. The van der Waals surface area contributed by atoms with Crippen molar-refractivity contribution in [1.82, 2.24) is 0 Å². The fourth-order valence-corrected chi connectivity index (χ4v) is 8.92. The number of carbonyl (C=O) groups excluding carboxylic acids is 3. The van der Waals surface area contributed by atoms with E-state index in [1.807, 2.05) is 0 Å². The Kier molecular flexibility index (Phi) is 61.3. The Morgan fingerprint density at radius 2 is 0.506 bits per heavy atom. The van der Waals surface area contributed by atoms with E-state index in [0.29, 0.717) is 19.3 Å². The third-order valence-electron chi connectivity index (χ3n) is 13.8. The highest BCUT2D eigenvalue weighted by Crippen LogP contribution is 2.16. The van der Waals surface area contributed by atoms with Crippen LogP contribution in [0, 0.1) is 0 Å². The molecule has 6 heteroatoms. The molecule has 0 radical (unpaired) electrons. The van der Waals surface area contributed by atoms with E-state index in [1.54, 1.807) is 0 Å². The topological polar surface area (TPSA) is 78.9 Å². The van der Waals surface area contributed by atoms with Crippen LogP contribution in [0.5, 0.6) is 0 Å². The summed E-state index contributed by atoms with van der Waals surface area (Å²) >= 11 is 0. The Morgan fingerprint density at radius 3 is 0.844 bits per heavy atom. The normalized spacial score (nSPS) is 12.8. The fourth-order valence-electron chi connectivity index (χ4n) is 8.92. The van der Waals surface area contributed by atoms with E-state index in [0.717, 1.165) is 116 Å². The monoisotopic (exact) mass is 1070 g/mol. The van der Waals surface area contributed by atoms with Gasteiger partial charge in [-0.15, -0.1) is 0 Å². The lowest BCUT2D eigenvalue weighted by molar-refractivity contribution is -0.167. The number of hydrogen-bond acceptors (Lipinski definition) is 6. The fraction of sp³-hybridized carbons (Fsp3) is 0.704. The number of esters is 3. The third-order valence-corrected chi connectivity index (χ3v) is 13.8.